The molecule has 3 N–H and O–H groups in total. The highest BCUT2D eigenvalue weighted by Gasteiger charge is 2.14. The molecule has 0 saturated heterocycles. The highest BCUT2D eigenvalue weighted by atomic mass is 35.5. The van der Waals surface area contributed by atoms with Crippen LogP contribution in [0.3, 0.4) is 0 Å². The minimum atomic E-state index is -0.325. The number of halogens is 1. The topological polar surface area (TPSA) is 74.2 Å². The van der Waals surface area contributed by atoms with Gasteiger partial charge in [0, 0.05) is 18.5 Å². The molecule has 1 heterocycles. The smallest absolute Gasteiger partial charge is 0.319 e. The Morgan fingerprint density at radius 1 is 1.27 bits per heavy atom. The van der Waals surface area contributed by atoms with Crippen LogP contribution in [-0.2, 0) is 0 Å². The summed E-state index contributed by atoms with van der Waals surface area (Å²) >= 11 is 5.79. The van der Waals surface area contributed by atoms with Gasteiger partial charge in [-0.25, -0.2) is 9.78 Å². The second-order valence-corrected chi connectivity index (χ2v) is 5.18. The lowest BCUT2D eigenvalue weighted by molar-refractivity contribution is 0.244. The van der Waals surface area contributed by atoms with Crippen LogP contribution in [0.15, 0.2) is 48.7 Å². The molecule has 0 radical (unpaired) electrons. The third-order valence-corrected chi connectivity index (χ3v) is 3.35. The van der Waals surface area contributed by atoms with Gasteiger partial charge in [0.05, 0.1) is 6.04 Å². The minimum absolute atomic E-state index is 0.0899. The van der Waals surface area contributed by atoms with Crippen molar-refractivity contribution in [2.45, 2.75) is 18.9 Å². The van der Waals surface area contributed by atoms with E-state index in [-0.39, 0.29) is 18.7 Å². The van der Waals surface area contributed by atoms with Crippen LogP contribution in [0, 0.1) is 0 Å². The summed E-state index contributed by atoms with van der Waals surface area (Å²) in [5, 5.41) is 15.0. The molecule has 5 nitrogen and oxygen atoms in total. The summed E-state index contributed by atoms with van der Waals surface area (Å²) in [4.78, 5) is 16.0. The van der Waals surface area contributed by atoms with E-state index in [4.69, 9.17) is 16.7 Å². The first-order valence-electron chi connectivity index (χ1n) is 7.04. The number of nitrogens with one attached hydrogen (secondary N) is 2. The first-order chi connectivity index (χ1) is 10.7. The van der Waals surface area contributed by atoms with Gasteiger partial charge < -0.3 is 15.7 Å². The Labute approximate surface area is 134 Å². The molecule has 2 aromatic rings. The Bertz CT molecular complexity index is 607. The minimum Gasteiger partial charge on any atom is -0.396 e. The zero-order valence-electron chi connectivity index (χ0n) is 12.0. The van der Waals surface area contributed by atoms with E-state index in [9.17, 15) is 4.79 Å². The molecule has 22 heavy (non-hydrogen) atoms. The molecule has 0 bridgehead atoms. The SMILES string of the molecule is O=C(Nc1ccnc(Cl)c1)NC(CCCO)c1ccccc1. The number of pyridine rings is 1. The maximum Gasteiger partial charge on any atom is 0.319 e. The van der Waals surface area contributed by atoms with Gasteiger partial charge in [-0.15, -0.1) is 0 Å². The molecule has 116 valence electrons. The Balaban J connectivity index is 2.01. The number of rotatable bonds is 6. The highest BCUT2D eigenvalue weighted by molar-refractivity contribution is 6.29. The van der Waals surface area contributed by atoms with Crippen LogP contribution in [0.5, 0.6) is 0 Å². The van der Waals surface area contributed by atoms with Crippen molar-refractivity contribution in [2.24, 2.45) is 0 Å². The third-order valence-electron chi connectivity index (χ3n) is 3.14. The number of carbonyl (C=O) groups excluding carboxylic acids is 1. The number of aromatic nitrogens is 1. The third kappa shape index (κ3) is 5.02. The molecule has 1 atom stereocenters. The molecule has 1 aromatic carbocycles. The normalized spacial score (nSPS) is 11.7. The monoisotopic (exact) mass is 319 g/mol. The average Bonchev–Trinajstić information content (AvgIpc) is 2.52. The lowest BCUT2D eigenvalue weighted by Crippen LogP contribution is -2.32. The standard InChI is InChI=1S/C16H18ClN3O2/c17-15-11-13(8-9-18-15)19-16(22)20-14(7-4-10-21)12-5-2-1-3-6-12/h1-3,5-6,8-9,11,14,21H,4,7,10H2,(H2,18,19,20,22). The van der Waals surface area contributed by atoms with Crippen molar-refractivity contribution < 1.29 is 9.90 Å². The van der Waals surface area contributed by atoms with Crippen LogP contribution in [0.4, 0.5) is 10.5 Å². The highest BCUT2D eigenvalue weighted by Crippen LogP contribution is 2.19. The zero-order valence-corrected chi connectivity index (χ0v) is 12.8. The Hall–Kier alpha value is -2.11. The molecule has 0 aliphatic carbocycles. The fourth-order valence-corrected chi connectivity index (χ4v) is 2.28. The molecule has 2 rings (SSSR count). The summed E-state index contributed by atoms with van der Waals surface area (Å²) in [7, 11) is 0. The van der Waals surface area contributed by atoms with E-state index in [1.165, 1.54) is 6.20 Å². The van der Waals surface area contributed by atoms with Crippen LogP contribution in [0.2, 0.25) is 5.15 Å². The maximum absolute atomic E-state index is 12.1. The van der Waals surface area contributed by atoms with Gasteiger partial charge in [0.15, 0.2) is 0 Å². The van der Waals surface area contributed by atoms with Crippen molar-refractivity contribution in [2.75, 3.05) is 11.9 Å². The lowest BCUT2D eigenvalue weighted by Gasteiger charge is -2.19. The second kappa shape index (κ2) is 8.36. The van der Waals surface area contributed by atoms with Crippen molar-refractivity contribution in [1.29, 1.82) is 0 Å². The number of carbonyl (C=O) groups is 1. The van der Waals surface area contributed by atoms with Crippen LogP contribution in [0.25, 0.3) is 0 Å². The lowest BCUT2D eigenvalue weighted by atomic mass is 10.0. The molecule has 2 amide bonds. The molecular formula is C16H18ClN3O2. The quantitative estimate of drug-likeness (QED) is 0.715. The van der Waals surface area contributed by atoms with Gasteiger partial charge in [0.25, 0.3) is 0 Å². The molecule has 0 aliphatic heterocycles. The molecule has 1 aromatic heterocycles. The van der Waals surface area contributed by atoms with Gasteiger partial charge in [0.1, 0.15) is 5.15 Å². The molecule has 0 saturated carbocycles. The first-order valence-corrected chi connectivity index (χ1v) is 7.41. The molecule has 0 spiro atoms. The second-order valence-electron chi connectivity index (χ2n) is 4.79. The summed E-state index contributed by atoms with van der Waals surface area (Å²) in [5.74, 6) is 0. The number of aliphatic hydroxyl groups excluding tert-OH is 1. The summed E-state index contributed by atoms with van der Waals surface area (Å²) in [5.41, 5.74) is 1.57. The van der Waals surface area contributed by atoms with E-state index in [1.807, 2.05) is 30.3 Å². The van der Waals surface area contributed by atoms with Gasteiger partial charge in [-0.2, -0.15) is 0 Å². The fourth-order valence-electron chi connectivity index (χ4n) is 2.11. The number of aliphatic hydroxyl groups is 1. The maximum atomic E-state index is 12.1. The van der Waals surface area contributed by atoms with Crippen molar-refractivity contribution in [3.05, 3.63) is 59.4 Å². The Kier molecular flexibility index (Phi) is 6.18. The Morgan fingerprint density at radius 3 is 2.73 bits per heavy atom. The molecule has 1 unspecified atom stereocenters. The fraction of sp³-hybridized carbons (Fsp3) is 0.250. The molecular weight excluding hydrogens is 302 g/mol. The van der Waals surface area contributed by atoms with Gasteiger partial charge >= 0.3 is 6.03 Å². The average molecular weight is 320 g/mol. The van der Waals surface area contributed by atoms with Gasteiger partial charge in [-0.05, 0) is 30.5 Å². The van der Waals surface area contributed by atoms with E-state index >= 15 is 0 Å². The molecule has 6 heteroatoms. The summed E-state index contributed by atoms with van der Waals surface area (Å²) in [6.45, 7) is 0.0899. The first kappa shape index (κ1) is 16.3. The van der Waals surface area contributed by atoms with Crippen LogP contribution >= 0.6 is 11.6 Å². The number of urea groups is 1. The van der Waals surface area contributed by atoms with Crippen LogP contribution in [0.1, 0.15) is 24.4 Å². The van der Waals surface area contributed by atoms with E-state index in [2.05, 4.69) is 15.6 Å². The molecule has 0 fully saturated rings. The summed E-state index contributed by atoms with van der Waals surface area (Å²) in [6, 6.07) is 12.4. The van der Waals surface area contributed by atoms with E-state index in [0.29, 0.717) is 23.7 Å². The van der Waals surface area contributed by atoms with Gasteiger partial charge in [-0.1, -0.05) is 41.9 Å². The largest absolute Gasteiger partial charge is 0.396 e. The number of hydrogen-bond acceptors (Lipinski definition) is 3. The van der Waals surface area contributed by atoms with Crippen molar-refractivity contribution in [3.63, 3.8) is 0 Å². The van der Waals surface area contributed by atoms with E-state index in [1.54, 1.807) is 12.1 Å². The Morgan fingerprint density at radius 2 is 2.05 bits per heavy atom. The van der Waals surface area contributed by atoms with E-state index < -0.39 is 0 Å². The van der Waals surface area contributed by atoms with Gasteiger partial charge in [0.2, 0.25) is 0 Å². The van der Waals surface area contributed by atoms with Gasteiger partial charge in [-0.3, -0.25) is 0 Å². The summed E-state index contributed by atoms with van der Waals surface area (Å²) < 4.78 is 0. The van der Waals surface area contributed by atoms with Crippen molar-refractivity contribution in [3.8, 4) is 0 Å². The van der Waals surface area contributed by atoms with E-state index in [0.717, 1.165) is 5.56 Å². The zero-order chi connectivity index (χ0) is 15.8. The summed E-state index contributed by atoms with van der Waals surface area (Å²) in [6.07, 6.45) is 2.80. The number of nitrogens with zero attached hydrogens (tertiary/aromatic N) is 1. The predicted octanol–water partition coefficient (Wildman–Crippen LogP) is 3.37. The number of hydrogen-bond donors (Lipinski definition) is 3. The predicted molar refractivity (Wildman–Crippen MR) is 86.9 cm³/mol. The number of amides is 2. The van der Waals surface area contributed by atoms with Crippen molar-refractivity contribution >= 4 is 23.3 Å². The van der Waals surface area contributed by atoms with Crippen LogP contribution < -0.4 is 10.6 Å². The number of benzene rings is 1. The molecule has 0 aliphatic rings. The number of anilines is 1. The van der Waals surface area contributed by atoms with Crippen molar-refractivity contribution in [1.82, 2.24) is 10.3 Å². The van der Waals surface area contributed by atoms with Crippen LogP contribution in [-0.4, -0.2) is 22.7 Å².